The lowest BCUT2D eigenvalue weighted by Crippen LogP contribution is -2.45. The molecule has 0 bridgehead atoms. The summed E-state index contributed by atoms with van der Waals surface area (Å²) in [6.45, 7) is 4.37. The van der Waals surface area contributed by atoms with E-state index in [2.05, 4.69) is 31.0 Å². The van der Waals surface area contributed by atoms with Crippen LogP contribution in [0.1, 0.15) is 20.3 Å². The van der Waals surface area contributed by atoms with Crippen molar-refractivity contribution < 1.29 is 9.47 Å². The number of hydrogen-bond acceptors (Lipinski definition) is 3. The standard InChI is InChI=1S/C13H23NO2Si/c1-11(2)10-13(15-3,16-4)17-14-12-8-6-5-7-9-12/h5-9,11,14H,10,17H2,1-4H3. The SMILES string of the molecule is COC(CC(C)C)(OC)[SiH2]Nc1ccccc1. The minimum Gasteiger partial charge on any atom is -0.411 e. The Morgan fingerprint density at radius 1 is 1.18 bits per heavy atom. The van der Waals surface area contributed by atoms with Crippen LogP contribution in [0.3, 0.4) is 0 Å². The first-order valence-electron chi connectivity index (χ1n) is 6.01. The van der Waals surface area contributed by atoms with E-state index in [0.717, 1.165) is 12.1 Å². The topological polar surface area (TPSA) is 30.5 Å². The van der Waals surface area contributed by atoms with Crippen LogP contribution in [0.25, 0.3) is 0 Å². The Morgan fingerprint density at radius 2 is 1.76 bits per heavy atom. The summed E-state index contributed by atoms with van der Waals surface area (Å²) in [5.74, 6) is 0.556. The van der Waals surface area contributed by atoms with Gasteiger partial charge in [0.15, 0.2) is 15.1 Å². The van der Waals surface area contributed by atoms with Crippen LogP contribution in [0.5, 0.6) is 0 Å². The molecule has 96 valence electrons. The third-order valence-electron chi connectivity index (χ3n) is 2.80. The molecule has 0 aromatic heterocycles. The zero-order valence-corrected chi connectivity index (χ0v) is 12.6. The predicted molar refractivity (Wildman–Crippen MR) is 74.8 cm³/mol. The van der Waals surface area contributed by atoms with Crippen molar-refractivity contribution >= 4 is 15.4 Å². The van der Waals surface area contributed by atoms with E-state index in [9.17, 15) is 0 Å². The van der Waals surface area contributed by atoms with Crippen molar-refractivity contribution in [2.45, 2.75) is 25.7 Å². The molecule has 0 fully saturated rings. The van der Waals surface area contributed by atoms with Crippen molar-refractivity contribution in [1.82, 2.24) is 0 Å². The molecule has 0 aliphatic carbocycles. The maximum atomic E-state index is 5.60. The Balaban J connectivity index is 2.61. The lowest BCUT2D eigenvalue weighted by Gasteiger charge is -2.32. The third-order valence-corrected chi connectivity index (χ3v) is 4.79. The number of methoxy groups -OCH3 is 2. The van der Waals surface area contributed by atoms with Gasteiger partial charge >= 0.3 is 0 Å². The van der Waals surface area contributed by atoms with Gasteiger partial charge in [-0.3, -0.25) is 0 Å². The van der Waals surface area contributed by atoms with Crippen LogP contribution in [0, 0.1) is 5.92 Å². The highest BCUT2D eigenvalue weighted by Crippen LogP contribution is 2.21. The molecule has 3 nitrogen and oxygen atoms in total. The summed E-state index contributed by atoms with van der Waals surface area (Å²) in [4.78, 5) is 3.48. The van der Waals surface area contributed by atoms with Crippen molar-refractivity contribution in [3.05, 3.63) is 30.3 Å². The molecule has 0 aliphatic rings. The second-order valence-electron chi connectivity index (χ2n) is 4.64. The minimum atomic E-state index is -0.717. The monoisotopic (exact) mass is 253 g/mol. The van der Waals surface area contributed by atoms with Crippen LogP contribution in [0.4, 0.5) is 5.69 Å². The molecule has 0 aliphatic heterocycles. The van der Waals surface area contributed by atoms with E-state index in [1.807, 2.05) is 18.2 Å². The molecule has 0 unspecified atom stereocenters. The molecule has 1 aromatic carbocycles. The van der Waals surface area contributed by atoms with Crippen LogP contribution in [0.2, 0.25) is 0 Å². The molecule has 0 atom stereocenters. The molecule has 4 heteroatoms. The Labute approximate surface area is 106 Å². The summed E-state index contributed by atoms with van der Waals surface area (Å²) in [7, 11) is 2.74. The number of nitrogens with one attached hydrogen (secondary N) is 1. The largest absolute Gasteiger partial charge is 0.411 e. The van der Waals surface area contributed by atoms with Crippen molar-refractivity contribution in [3.63, 3.8) is 0 Å². The van der Waals surface area contributed by atoms with Crippen molar-refractivity contribution in [2.24, 2.45) is 5.92 Å². The van der Waals surface area contributed by atoms with Gasteiger partial charge in [-0.05, 0) is 18.1 Å². The van der Waals surface area contributed by atoms with Gasteiger partial charge < -0.3 is 14.5 Å². The van der Waals surface area contributed by atoms with Crippen LogP contribution in [-0.4, -0.2) is 29.3 Å². The maximum Gasteiger partial charge on any atom is 0.189 e. The van der Waals surface area contributed by atoms with E-state index in [0.29, 0.717) is 5.92 Å². The molecular formula is C13H23NO2Si. The average Bonchev–Trinajstić information content (AvgIpc) is 2.35. The summed E-state index contributed by atoms with van der Waals surface area (Å²) in [6, 6.07) is 10.2. The van der Waals surface area contributed by atoms with Gasteiger partial charge in [0.25, 0.3) is 0 Å². The molecular weight excluding hydrogens is 230 g/mol. The van der Waals surface area contributed by atoms with Gasteiger partial charge in [-0.25, -0.2) is 0 Å². The van der Waals surface area contributed by atoms with Crippen LogP contribution in [-0.2, 0) is 9.47 Å². The molecule has 1 aromatic rings. The van der Waals surface area contributed by atoms with E-state index in [4.69, 9.17) is 9.47 Å². The fourth-order valence-corrected chi connectivity index (χ4v) is 3.60. The van der Waals surface area contributed by atoms with E-state index in [1.54, 1.807) is 14.2 Å². The van der Waals surface area contributed by atoms with Gasteiger partial charge in [0, 0.05) is 26.3 Å². The Bertz CT molecular complexity index is 312. The van der Waals surface area contributed by atoms with Crippen molar-refractivity contribution in [1.29, 1.82) is 0 Å². The lowest BCUT2D eigenvalue weighted by molar-refractivity contribution is -0.154. The van der Waals surface area contributed by atoms with Crippen molar-refractivity contribution in [2.75, 3.05) is 19.2 Å². The van der Waals surface area contributed by atoms with Gasteiger partial charge in [0.1, 0.15) is 0 Å². The summed E-state index contributed by atoms with van der Waals surface area (Å²) in [6.07, 6.45) is 0.923. The molecule has 0 spiro atoms. The maximum absolute atomic E-state index is 5.60. The van der Waals surface area contributed by atoms with Gasteiger partial charge in [-0.2, -0.15) is 0 Å². The summed E-state index contributed by atoms with van der Waals surface area (Å²) in [5, 5.41) is 0. The van der Waals surface area contributed by atoms with E-state index >= 15 is 0 Å². The highest BCUT2D eigenvalue weighted by Gasteiger charge is 2.30. The Morgan fingerprint density at radius 3 is 2.24 bits per heavy atom. The molecule has 0 heterocycles. The fraction of sp³-hybridized carbons (Fsp3) is 0.538. The van der Waals surface area contributed by atoms with E-state index < -0.39 is 15.1 Å². The minimum absolute atomic E-state index is 0.413. The fourth-order valence-electron chi connectivity index (χ4n) is 1.88. The molecule has 0 saturated heterocycles. The summed E-state index contributed by atoms with van der Waals surface area (Å²) in [5.41, 5.74) is 0.727. The third kappa shape index (κ3) is 4.50. The van der Waals surface area contributed by atoms with Crippen LogP contribution >= 0.6 is 0 Å². The number of hydrogen-bond donors (Lipinski definition) is 1. The summed E-state index contributed by atoms with van der Waals surface area (Å²) < 4.78 is 11.2. The van der Waals surface area contributed by atoms with Crippen molar-refractivity contribution in [3.8, 4) is 0 Å². The van der Waals surface area contributed by atoms with E-state index in [-0.39, 0.29) is 0 Å². The number of anilines is 1. The van der Waals surface area contributed by atoms with Crippen LogP contribution < -0.4 is 4.98 Å². The lowest BCUT2D eigenvalue weighted by atomic mass is 10.1. The molecule has 1 rings (SSSR count). The Hall–Kier alpha value is -0.843. The number of ether oxygens (including phenoxy) is 2. The highest BCUT2D eigenvalue weighted by atomic mass is 28.2. The van der Waals surface area contributed by atoms with Gasteiger partial charge in [0.2, 0.25) is 0 Å². The first kappa shape index (κ1) is 14.2. The molecule has 0 amide bonds. The summed E-state index contributed by atoms with van der Waals surface area (Å²) >= 11 is 0. The van der Waals surface area contributed by atoms with Gasteiger partial charge in [-0.1, -0.05) is 32.0 Å². The Kier molecular flexibility index (Phi) is 5.68. The van der Waals surface area contributed by atoms with E-state index in [1.165, 1.54) is 0 Å². The number of rotatable bonds is 7. The molecule has 1 N–H and O–H groups in total. The normalized spacial score (nSPS) is 12.5. The first-order chi connectivity index (χ1) is 8.12. The number of benzene rings is 1. The molecule has 0 saturated carbocycles. The second-order valence-corrected chi connectivity index (χ2v) is 6.42. The zero-order chi connectivity index (χ0) is 12.7. The molecule has 17 heavy (non-hydrogen) atoms. The average molecular weight is 253 g/mol. The molecule has 0 radical (unpaired) electrons. The quantitative estimate of drug-likeness (QED) is 0.597. The van der Waals surface area contributed by atoms with Crippen LogP contribution in [0.15, 0.2) is 30.3 Å². The van der Waals surface area contributed by atoms with Gasteiger partial charge in [0.05, 0.1) is 0 Å². The first-order valence-corrected chi connectivity index (χ1v) is 7.42. The predicted octanol–water partition coefficient (Wildman–Crippen LogP) is 2.17. The highest BCUT2D eigenvalue weighted by molar-refractivity contribution is 6.43. The zero-order valence-electron chi connectivity index (χ0n) is 11.2. The smallest absolute Gasteiger partial charge is 0.189 e. The van der Waals surface area contributed by atoms with Gasteiger partial charge in [-0.15, -0.1) is 0 Å². The second kappa shape index (κ2) is 6.79. The number of para-hydroxylation sites is 1.